The number of likely N-dealkylation sites (tertiary alicyclic amines) is 1. The van der Waals surface area contributed by atoms with Crippen LogP contribution in [0.1, 0.15) is 6.92 Å². The monoisotopic (exact) mass is 614 g/mol. The Hall–Kier alpha value is -2.77. The summed E-state index contributed by atoms with van der Waals surface area (Å²) >= 11 is 1.93. The van der Waals surface area contributed by atoms with Gasteiger partial charge in [-0.1, -0.05) is 6.07 Å². The van der Waals surface area contributed by atoms with Crippen LogP contribution in [0.3, 0.4) is 0 Å². The normalized spacial score (nSPS) is 21.6. The number of rotatable bonds is 8. The molecule has 0 radical (unpaired) electrons. The largest absolute Gasteiger partial charge is 0.384 e. The number of anilines is 3. The number of aliphatic hydroxyl groups is 2. The quantitative estimate of drug-likeness (QED) is 0.230. The SMILES string of the molecule is CC(O)Nc1cccc(NCC2(O)CN(C(=O)C3=CC=C(F)C(F)C3Nc3ccc(I)cc3F)C2)c1. The van der Waals surface area contributed by atoms with E-state index < -0.39 is 41.6 Å². The van der Waals surface area contributed by atoms with E-state index in [1.54, 1.807) is 37.3 Å². The summed E-state index contributed by atoms with van der Waals surface area (Å²) < 4.78 is 43.8. The molecule has 1 aliphatic carbocycles. The van der Waals surface area contributed by atoms with Gasteiger partial charge in [0.25, 0.3) is 5.91 Å². The third-order valence-electron chi connectivity index (χ3n) is 5.92. The number of hydrogen-bond donors (Lipinski definition) is 5. The third-order valence-corrected chi connectivity index (χ3v) is 6.59. The second-order valence-electron chi connectivity index (χ2n) is 8.96. The molecule has 0 bridgehead atoms. The molecule has 2 aromatic carbocycles. The Morgan fingerprint density at radius 2 is 1.92 bits per heavy atom. The molecule has 1 saturated heterocycles. The second kappa shape index (κ2) is 10.7. The van der Waals surface area contributed by atoms with E-state index in [1.165, 1.54) is 23.1 Å². The van der Waals surface area contributed by atoms with E-state index in [9.17, 15) is 28.2 Å². The highest BCUT2D eigenvalue weighted by Crippen LogP contribution is 2.32. The molecular weight excluding hydrogens is 588 g/mol. The lowest BCUT2D eigenvalue weighted by Crippen LogP contribution is -2.67. The van der Waals surface area contributed by atoms with E-state index in [0.717, 1.165) is 6.08 Å². The lowest BCUT2D eigenvalue weighted by atomic mass is 9.89. The molecule has 192 valence electrons. The van der Waals surface area contributed by atoms with Gasteiger partial charge < -0.3 is 31.1 Å². The first kappa shape index (κ1) is 26.3. The number of halogens is 4. The highest BCUT2D eigenvalue weighted by molar-refractivity contribution is 14.1. The molecule has 7 nitrogen and oxygen atoms in total. The van der Waals surface area contributed by atoms with E-state index in [1.807, 2.05) is 22.6 Å². The summed E-state index contributed by atoms with van der Waals surface area (Å²) in [7, 11) is 0. The van der Waals surface area contributed by atoms with E-state index in [2.05, 4.69) is 16.0 Å². The summed E-state index contributed by atoms with van der Waals surface area (Å²) in [6.45, 7) is 1.70. The van der Waals surface area contributed by atoms with Gasteiger partial charge in [0.15, 0.2) is 6.17 Å². The number of carbonyl (C=O) groups is 1. The molecule has 0 spiro atoms. The number of amides is 1. The highest BCUT2D eigenvalue weighted by atomic mass is 127. The summed E-state index contributed by atoms with van der Waals surface area (Å²) in [5.74, 6) is -2.28. The number of hydrogen-bond acceptors (Lipinski definition) is 6. The number of benzene rings is 2. The first-order valence-corrected chi connectivity index (χ1v) is 12.4. The molecule has 2 aliphatic rings. The van der Waals surface area contributed by atoms with Crippen LogP contribution in [0.5, 0.6) is 0 Å². The Morgan fingerprint density at radius 3 is 2.61 bits per heavy atom. The average Bonchev–Trinajstić information content (AvgIpc) is 2.80. The van der Waals surface area contributed by atoms with Crippen molar-refractivity contribution in [2.75, 3.05) is 35.6 Å². The van der Waals surface area contributed by atoms with Gasteiger partial charge in [-0.05, 0) is 78.1 Å². The Morgan fingerprint density at radius 1 is 1.19 bits per heavy atom. The van der Waals surface area contributed by atoms with Crippen molar-refractivity contribution >= 4 is 45.6 Å². The van der Waals surface area contributed by atoms with E-state index in [0.29, 0.717) is 14.9 Å². The average molecular weight is 614 g/mol. The number of nitrogens with zero attached hydrogens (tertiary/aromatic N) is 1. The van der Waals surface area contributed by atoms with Crippen LogP contribution in [0.2, 0.25) is 0 Å². The Kier molecular flexibility index (Phi) is 7.81. The minimum atomic E-state index is -2.17. The van der Waals surface area contributed by atoms with Crippen molar-refractivity contribution in [3.8, 4) is 0 Å². The van der Waals surface area contributed by atoms with Crippen molar-refractivity contribution < 1.29 is 28.2 Å². The Bertz CT molecular complexity index is 1200. The van der Waals surface area contributed by atoms with Crippen molar-refractivity contribution in [2.45, 2.75) is 31.0 Å². The standard InChI is InChI=1S/C25H26F3IN4O3/c1-14(34)31-17-4-2-3-16(10-17)30-11-25(36)12-33(13-25)24(35)18-6-7-19(26)22(28)23(18)32-21-8-5-15(29)9-20(21)27/h2-10,14,22-23,30-32,34,36H,11-13H2,1H3. The molecule has 1 amide bonds. The molecule has 0 saturated carbocycles. The van der Waals surface area contributed by atoms with Crippen molar-refractivity contribution in [1.29, 1.82) is 0 Å². The van der Waals surface area contributed by atoms with Crippen molar-refractivity contribution in [3.63, 3.8) is 0 Å². The summed E-state index contributed by atoms with van der Waals surface area (Å²) in [6, 6.07) is 9.98. The predicted octanol–water partition coefficient (Wildman–Crippen LogP) is 3.78. The van der Waals surface area contributed by atoms with Crippen LogP contribution in [0.4, 0.5) is 30.2 Å². The zero-order chi connectivity index (χ0) is 26.0. The molecule has 2 aromatic rings. The van der Waals surface area contributed by atoms with Crippen molar-refractivity contribution in [3.05, 3.63) is 75.4 Å². The van der Waals surface area contributed by atoms with Crippen molar-refractivity contribution in [2.24, 2.45) is 0 Å². The van der Waals surface area contributed by atoms with E-state index in [4.69, 9.17) is 0 Å². The predicted molar refractivity (Wildman–Crippen MR) is 140 cm³/mol. The van der Waals surface area contributed by atoms with E-state index >= 15 is 0 Å². The van der Waals surface area contributed by atoms with Gasteiger partial charge in [0.05, 0.1) is 24.8 Å². The summed E-state index contributed by atoms with van der Waals surface area (Å²) in [5.41, 5.74) is 0.0705. The molecule has 36 heavy (non-hydrogen) atoms. The number of aliphatic hydroxyl groups excluding tert-OH is 1. The maximum atomic E-state index is 14.8. The summed E-state index contributed by atoms with van der Waals surface area (Å²) in [5, 5.41) is 28.9. The molecule has 3 atom stereocenters. The van der Waals surface area contributed by atoms with Crippen LogP contribution in [0, 0.1) is 9.39 Å². The highest BCUT2D eigenvalue weighted by Gasteiger charge is 2.46. The third kappa shape index (κ3) is 5.95. The van der Waals surface area contributed by atoms with Crippen LogP contribution in [-0.4, -0.2) is 64.7 Å². The second-order valence-corrected chi connectivity index (χ2v) is 10.2. The Balaban J connectivity index is 1.40. The minimum Gasteiger partial charge on any atom is -0.384 e. The van der Waals surface area contributed by atoms with Gasteiger partial charge in [0.2, 0.25) is 0 Å². The lowest BCUT2D eigenvalue weighted by molar-refractivity contribution is -0.149. The molecule has 1 aliphatic heterocycles. The molecule has 1 heterocycles. The molecule has 5 N–H and O–H groups in total. The number of nitrogens with one attached hydrogen (secondary N) is 3. The van der Waals surface area contributed by atoms with Crippen LogP contribution in [0.25, 0.3) is 0 Å². The zero-order valence-electron chi connectivity index (χ0n) is 19.3. The molecule has 1 fully saturated rings. The molecular formula is C25H26F3IN4O3. The topological polar surface area (TPSA) is 96.9 Å². The number of carbonyl (C=O) groups excluding carboxylic acids is 1. The van der Waals surface area contributed by atoms with Gasteiger partial charge in [-0.3, -0.25) is 4.79 Å². The fourth-order valence-electron chi connectivity index (χ4n) is 4.14. The fourth-order valence-corrected chi connectivity index (χ4v) is 4.59. The molecule has 0 aromatic heterocycles. The maximum Gasteiger partial charge on any atom is 0.252 e. The van der Waals surface area contributed by atoms with Crippen LogP contribution >= 0.6 is 22.6 Å². The minimum absolute atomic E-state index is 0.0183. The summed E-state index contributed by atoms with van der Waals surface area (Å²) in [4.78, 5) is 14.5. The maximum absolute atomic E-state index is 14.8. The smallest absolute Gasteiger partial charge is 0.252 e. The van der Waals surface area contributed by atoms with E-state index in [-0.39, 0.29) is 30.9 Å². The van der Waals surface area contributed by atoms with Crippen molar-refractivity contribution in [1.82, 2.24) is 4.90 Å². The number of allylic oxidation sites excluding steroid dienone is 2. The van der Waals surface area contributed by atoms with Gasteiger partial charge in [-0.2, -0.15) is 0 Å². The van der Waals surface area contributed by atoms with Gasteiger partial charge in [0.1, 0.15) is 23.5 Å². The molecule has 4 rings (SSSR count). The molecule has 3 unspecified atom stereocenters. The summed E-state index contributed by atoms with van der Waals surface area (Å²) in [6.07, 6.45) is -0.816. The van der Waals surface area contributed by atoms with Gasteiger partial charge in [-0.15, -0.1) is 0 Å². The van der Waals surface area contributed by atoms with Gasteiger partial charge >= 0.3 is 0 Å². The Labute approximate surface area is 220 Å². The van der Waals surface area contributed by atoms with Gasteiger partial charge in [0, 0.05) is 27.1 Å². The van der Waals surface area contributed by atoms with Crippen LogP contribution in [0.15, 0.2) is 66.0 Å². The molecule has 11 heteroatoms. The first-order valence-electron chi connectivity index (χ1n) is 11.3. The van der Waals surface area contributed by atoms with Gasteiger partial charge in [-0.25, -0.2) is 13.2 Å². The van der Waals surface area contributed by atoms with Crippen LogP contribution < -0.4 is 16.0 Å². The zero-order valence-corrected chi connectivity index (χ0v) is 21.5. The number of alkyl halides is 1. The fraction of sp³-hybridized carbons (Fsp3) is 0.320. The first-order chi connectivity index (χ1) is 17.0. The van der Waals surface area contributed by atoms with Crippen LogP contribution in [-0.2, 0) is 4.79 Å². The number of β-amino-alcohol motifs (C(OH)–C–C–N with tert-alkyl or cyclic N) is 1. The lowest BCUT2D eigenvalue weighted by Gasteiger charge is -2.47.